The lowest BCUT2D eigenvalue weighted by atomic mass is 9.69. The molecule has 2 rings (SSSR count). The highest BCUT2D eigenvalue weighted by Gasteiger charge is 2.40. The first-order valence-corrected chi connectivity index (χ1v) is 8.58. The molecule has 0 saturated heterocycles. The number of furan rings is 2. The fraction of sp³-hybridized carbons (Fsp3) is 0.571. The maximum absolute atomic E-state index is 13.2. The molecule has 0 radical (unpaired) electrons. The van der Waals surface area contributed by atoms with Gasteiger partial charge in [0, 0.05) is 23.7 Å². The van der Waals surface area contributed by atoms with E-state index in [1.165, 1.54) is 0 Å². The summed E-state index contributed by atoms with van der Waals surface area (Å²) in [6.45, 7) is 16.2. The summed E-state index contributed by atoms with van der Waals surface area (Å²) in [5, 5.41) is 0. The summed E-state index contributed by atoms with van der Waals surface area (Å²) in [5.41, 5.74) is 3.57. The highest BCUT2D eigenvalue weighted by atomic mass is 16.3. The van der Waals surface area contributed by atoms with Crippen molar-refractivity contribution in [2.75, 3.05) is 0 Å². The molecule has 132 valence electrons. The lowest BCUT2D eigenvalue weighted by Crippen LogP contribution is -2.39. The molecule has 2 heterocycles. The van der Waals surface area contributed by atoms with Crippen LogP contribution in [0.4, 0.5) is 0 Å². The maximum Gasteiger partial charge on any atom is 0.144 e. The topological polar surface area (TPSA) is 43.4 Å². The normalized spacial score (nSPS) is 12.7. The van der Waals surface area contributed by atoms with E-state index in [4.69, 9.17) is 8.83 Å². The third-order valence-electron chi connectivity index (χ3n) is 5.21. The zero-order chi connectivity index (χ0) is 18.3. The third-order valence-corrected chi connectivity index (χ3v) is 5.21. The lowest BCUT2D eigenvalue weighted by molar-refractivity contribution is -0.136. The molecule has 0 spiro atoms. The van der Waals surface area contributed by atoms with Crippen molar-refractivity contribution in [3.05, 3.63) is 46.3 Å². The minimum absolute atomic E-state index is 0.233. The van der Waals surface area contributed by atoms with Crippen LogP contribution in [0.15, 0.2) is 21.4 Å². The van der Waals surface area contributed by atoms with Gasteiger partial charge >= 0.3 is 0 Å². The Hall–Kier alpha value is -1.77. The van der Waals surface area contributed by atoms with Gasteiger partial charge in [-0.1, -0.05) is 27.7 Å². The predicted octanol–water partition coefficient (Wildman–Crippen LogP) is 5.51. The fourth-order valence-corrected chi connectivity index (χ4v) is 3.34. The molecule has 0 N–H and O–H groups in total. The van der Waals surface area contributed by atoms with Crippen molar-refractivity contribution in [1.82, 2.24) is 0 Å². The molecule has 0 fully saturated rings. The molecule has 0 aliphatic carbocycles. The van der Waals surface area contributed by atoms with Crippen LogP contribution in [0.1, 0.15) is 61.5 Å². The quantitative estimate of drug-likeness (QED) is 0.701. The van der Waals surface area contributed by atoms with E-state index in [9.17, 15) is 4.79 Å². The van der Waals surface area contributed by atoms with Crippen LogP contribution in [0.5, 0.6) is 0 Å². The number of hydrogen-bond donors (Lipinski definition) is 0. The number of ketones is 1. The van der Waals surface area contributed by atoms with E-state index in [0.717, 1.165) is 33.8 Å². The Morgan fingerprint density at radius 3 is 1.38 bits per heavy atom. The summed E-state index contributed by atoms with van der Waals surface area (Å²) < 4.78 is 11.3. The second-order valence-corrected chi connectivity index (χ2v) is 8.38. The third kappa shape index (κ3) is 3.50. The van der Waals surface area contributed by atoms with Crippen LogP contribution in [0.2, 0.25) is 0 Å². The molecule has 0 aliphatic heterocycles. The summed E-state index contributed by atoms with van der Waals surface area (Å²) in [6, 6.07) is 0. The van der Waals surface area contributed by atoms with E-state index >= 15 is 0 Å². The Bertz CT molecular complexity index is 679. The molecule has 2 aromatic rings. The highest BCUT2D eigenvalue weighted by molar-refractivity contribution is 5.89. The van der Waals surface area contributed by atoms with Crippen LogP contribution in [0.25, 0.3) is 0 Å². The molecule has 0 saturated carbocycles. The van der Waals surface area contributed by atoms with E-state index in [1.807, 2.05) is 41.5 Å². The van der Waals surface area contributed by atoms with Crippen molar-refractivity contribution in [3.8, 4) is 0 Å². The Balaban J connectivity index is 2.20. The predicted molar refractivity (Wildman–Crippen MR) is 96.3 cm³/mol. The van der Waals surface area contributed by atoms with Crippen molar-refractivity contribution in [1.29, 1.82) is 0 Å². The average Bonchev–Trinajstić information content (AvgIpc) is 2.96. The summed E-state index contributed by atoms with van der Waals surface area (Å²) in [5.74, 6) is 2.05. The molecule has 0 atom stereocenters. The van der Waals surface area contributed by atoms with Gasteiger partial charge in [0.05, 0.1) is 12.5 Å². The molecular weight excluding hydrogens is 300 g/mol. The van der Waals surface area contributed by atoms with E-state index in [-0.39, 0.29) is 5.78 Å². The monoisotopic (exact) mass is 330 g/mol. The number of carbonyl (C=O) groups excluding carboxylic acids is 1. The summed E-state index contributed by atoms with van der Waals surface area (Å²) in [7, 11) is 0. The Morgan fingerprint density at radius 1 is 0.792 bits per heavy atom. The number of carbonyl (C=O) groups is 1. The van der Waals surface area contributed by atoms with Crippen LogP contribution < -0.4 is 0 Å². The van der Waals surface area contributed by atoms with Crippen molar-refractivity contribution >= 4 is 5.78 Å². The van der Waals surface area contributed by atoms with E-state index in [2.05, 4.69) is 13.8 Å². The highest BCUT2D eigenvalue weighted by Crippen LogP contribution is 2.37. The molecule has 2 aromatic heterocycles. The van der Waals surface area contributed by atoms with Crippen LogP contribution in [0, 0.1) is 38.5 Å². The molecule has 0 bridgehead atoms. The van der Waals surface area contributed by atoms with Crippen molar-refractivity contribution in [2.45, 2.75) is 68.2 Å². The van der Waals surface area contributed by atoms with Gasteiger partial charge < -0.3 is 8.83 Å². The van der Waals surface area contributed by atoms with Gasteiger partial charge in [-0.2, -0.15) is 0 Å². The van der Waals surface area contributed by atoms with Crippen LogP contribution in [0.3, 0.4) is 0 Å². The zero-order valence-electron chi connectivity index (χ0n) is 16.3. The number of aryl methyl sites for hydroxylation is 2. The van der Waals surface area contributed by atoms with Crippen LogP contribution in [-0.2, 0) is 17.6 Å². The van der Waals surface area contributed by atoms with Gasteiger partial charge in [-0.15, -0.1) is 0 Å². The Morgan fingerprint density at radius 2 is 1.12 bits per heavy atom. The number of Topliss-reactive ketones (excluding diaryl/α,β-unsaturated/α-hetero) is 1. The summed E-state index contributed by atoms with van der Waals surface area (Å²) >= 11 is 0. The van der Waals surface area contributed by atoms with Gasteiger partial charge in [0.2, 0.25) is 0 Å². The molecule has 24 heavy (non-hydrogen) atoms. The van der Waals surface area contributed by atoms with Gasteiger partial charge in [-0.05, 0) is 49.9 Å². The second-order valence-electron chi connectivity index (χ2n) is 8.38. The first-order valence-electron chi connectivity index (χ1n) is 8.58. The molecule has 0 aliphatic rings. The fourth-order valence-electron chi connectivity index (χ4n) is 3.34. The van der Waals surface area contributed by atoms with Crippen molar-refractivity contribution in [2.24, 2.45) is 10.8 Å². The van der Waals surface area contributed by atoms with Crippen molar-refractivity contribution < 1.29 is 13.6 Å². The van der Waals surface area contributed by atoms with E-state index < -0.39 is 10.8 Å². The number of rotatable bonds is 6. The lowest BCUT2D eigenvalue weighted by Gasteiger charge is -2.32. The first-order chi connectivity index (χ1) is 11.0. The van der Waals surface area contributed by atoms with Gasteiger partial charge in [-0.3, -0.25) is 4.79 Å². The molecule has 3 nitrogen and oxygen atoms in total. The standard InChI is InChI=1S/C21H30O3/c1-13-11-23-17(15(13)3)9-20(5,6)19(22)21(7,8)10-18-16(4)14(2)12-24-18/h11-12H,9-10H2,1-8H3. The minimum atomic E-state index is -0.492. The van der Waals surface area contributed by atoms with Gasteiger partial charge in [-0.25, -0.2) is 0 Å². The van der Waals surface area contributed by atoms with Crippen molar-refractivity contribution in [3.63, 3.8) is 0 Å². The number of hydrogen-bond acceptors (Lipinski definition) is 3. The smallest absolute Gasteiger partial charge is 0.144 e. The maximum atomic E-state index is 13.2. The van der Waals surface area contributed by atoms with Crippen LogP contribution in [-0.4, -0.2) is 5.78 Å². The molecule has 0 unspecified atom stereocenters. The van der Waals surface area contributed by atoms with Gasteiger partial charge in [0.15, 0.2) is 0 Å². The average molecular weight is 330 g/mol. The second kappa shape index (κ2) is 6.27. The van der Waals surface area contributed by atoms with Gasteiger partial charge in [0.1, 0.15) is 17.3 Å². The van der Waals surface area contributed by atoms with Gasteiger partial charge in [0.25, 0.3) is 0 Å². The molecule has 0 aromatic carbocycles. The summed E-state index contributed by atoms with van der Waals surface area (Å²) in [6.07, 6.45) is 4.77. The summed E-state index contributed by atoms with van der Waals surface area (Å²) in [4.78, 5) is 13.2. The molecular formula is C21H30O3. The SMILES string of the molecule is Cc1coc(CC(C)(C)C(=O)C(C)(C)Cc2occ(C)c2C)c1C. The molecule has 0 amide bonds. The zero-order valence-corrected chi connectivity index (χ0v) is 16.3. The van der Waals surface area contributed by atoms with E-state index in [1.54, 1.807) is 12.5 Å². The minimum Gasteiger partial charge on any atom is -0.469 e. The largest absolute Gasteiger partial charge is 0.469 e. The van der Waals surface area contributed by atoms with Crippen LogP contribution >= 0.6 is 0 Å². The Kier molecular flexibility index (Phi) is 4.85. The first kappa shape index (κ1) is 18.6. The Labute approximate surface area is 145 Å². The van der Waals surface area contributed by atoms with E-state index in [0.29, 0.717) is 12.8 Å². The molecule has 3 heteroatoms.